The fourth-order valence-corrected chi connectivity index (χ4v) is 2.75. The monoisotopic (exact) mass is 351 g/mol. The Bertz CT molecular complexity index is 900. The van der Waals surface area contributed by atoms with Crippen LogP contribution < -0.4 is 5.73 Å². The number of halogens is 4. The van der Waals surface area contributed by atoms with Gasteiger partial charge in [-0.1, -0.05) is 41.9 Å². The van der Waals surface area contributed by atoms with Crippen molar-refractivity contribution in [3.05, 3.63) is 64.8 Å². The molecule has 1 aromatic heterocycles. The van der Waals surface area contributed by atoms with Crippen LogP contribution in [0.2, 0.25) is 5.02 Å². The summed E-state index contributed by atoms with van der Waals surface area (Å²) < 4.78 is 41.5. The molecule has 0 aliphatic heterocycles. The third kappa shape index (κ3) is 2.85. The average molecular weight is 352 g/mol. The fraction of sp³-hybridized carbons (Fsp3) is 0.118. The Balaban J connectivity index is 2.31. The maximum atomic E-state index is 13.5. The minimum Gasteiger partial charge on any atom is -0.383 e. The first-order chi connectivity index (χ1) is 11.3. The normalized spacial score (nSPS) is 11.7. The molecular weight excluding hydrogens is 339 g/mol. The molecule has 2 aromatic carbocycles. The zero-order valence-electron chi connectivity index (χ0n) is 12.6. The van der Waals surface area contributed by atoms with Crippen LogP contribution in [0.1, 0.15) is 11.3 Å². The number of alkyl halides is 3. The van der Waals surface area contributed by atoms with Crippen molar-refractivity contribution >= 4 is 17.4 Å². The van der Waals surface area contributed by atoms with Gasteiger partial charge in [-0.25, -0.2) is 4.68 Å². The SMILES string of the molecule is Cc1cccc(-n2nc(C(F)(F)F)c(-c3ccccc3Cl)c2N)c1. The zero-order valence-corrected chi connectivity index (χ0v) is 13.4. The number of hydrogen-bond donors (Lipinski definition) is 1. The van der Waals surface area contributed by atoms with Gasteiger partial charge in [0.2, 0.25) is 0 Å². The predicted octanol–water partition coefficient (Wildman–Crippen LogP) is 5.10. The van der Waals surface area contributed by atoms with Gasteiger partial charge in [-0.15, -0.1) is 0 Å². The summed E-state index contributed by atoms with van der Waals surface area (Å²) in [4.78, 5) is 0. The van der Waals surface area contributed by atoms with Crippen molar-refractivity contribution < 1.29 is 13.2 Å². The highest BCUT2D eigenvalue weighted by Crippen LogP contribution is 2.42. The van der Waals surface area contributed by atoms with Crippen LogP contribution in [0, 0.1) is 6.92 Å². The van der Waals surface area contributed by atoms with Gasteiger partial charge in [-0.2, -0.15) is 18.3 Å². The molecule has 3 nitrogen and oxygen atoms in total. The van der Waals surface area contributed by atoms with Crippen molar-refractivity contribution in [2.24, 2.45) is 0 Å². The molecule has 0 radical (unpaired) electrons. The van der Waals surface area contributed by atoms with Crippen molar-refractivity contribution in [2.45, 2.75) is 13.1 Å². The van der Waals surface area contributed by atoms with E-state index < -0.39 is 11.9 Å². The second-order valence-electron chi connectivity index (χ2n) is 5.34. The van der Waals surface area contributed by atoms with E-state index in [0.717, 1.165) is 10.2 Å². The molecule has 0 atom stereocenters. The molecular formula is C17H13ClF3N3. The third-order valence-corrected chi connectivity index (χ3v) is 3.91. The van der Waals surface area contributed by atoms with Crippen LogP contribution >= 0.6 is 11.6 Å². The van der Waals surface area contributed by atoms with Gasteiger partial charge in [0.1, 0.15) is 5.82 Å². The van der Waals surface area contributed by atoms with Crippen LogP contribution in [0.5, 0.6) is 0 Å². The number of nitrogen functional groups attached to an aromatic ring is 1. The molecule has 0 saturated heterocycles. The first-order valence-corrected chi connectivity index (χ1v) is 7.44. The Morgan fingerprint density at radius 2 is 1.79 bits per heavy atom. The lowest BCUT2D eigenvalue weighted by Gasteiger charge is -2.08. The van der Waals surface area contributed by atoms with Crippen LogP contribution in [0.15, 0.2) is 48.5 Å². The molecule has 0 saturated carbocycles. The van der Waals surface area contributed by atoms with Gasteiger partial charge in [0, 0.05) is 10.6 Å². The summed E-state index contributed by atoms with van der Waals surface area (Å²) in [6.45, 7) is 1.84. The van der Waals surface area contributed by atoms with Gasteiger partial charge >= 0.3 is 6.18 Å². The Morgan fingerprint density at radius 1 is 1.08 bits per heavy atom. The summed E-state index contributed by atoms with van der Waals surface area (Å²) in [6.07, 6.45) is -4.66. The molecule has 0 unspecified atom stereocenters. The molecule has 0 amide bonds. The first-order valence-electron chi connectivity index (χ1n) is 7.06. The van der Waals surface area contributed by atoms with Crippen molar-refractivity contribution in [2.75, 3.05) is 5.73 Å². The molecule has 2 N–H and O–H groups in total. The molecule has 7 heteroatoms. The molecule has 3 rings (SSSR count). The second kappa shape index (κ2) is 5.87. The maximum Gasteiger partial charge on any atom is 0.435 e. The maximum absolute atomic E-state index is 13.5. The number of nitrogens with two attached hydrogens (primary N) is 1. The van der Waals surface area contributed by atoms with Crippen LogP contribution in [0.3, 0.4) is 0 Å². The lowest BCUT2D eigenvalue weighted by atomic mass is 10.0. The van der Waals surface area contributed by atoms with Gasteiger partial charge in [0.15, 0.2) is 5.69 Å². The molecule has 0 aliphatic carbocycles. The molecule has 124 valence electrons. The van der Waals surface area contributed by atoms with Crippen LogP contribution in [0.4, 0.5) is 19.0 Å². The zero-order chi connectivity index (χ0) is 17.5. The molecule has 0 aliphatic rings. The van der Waals surface area contributed by atoms with Gasteiger partial charge in [-0.05, 0) is 30.7 Å². The molecule has 0 fully saturated rings. The topological polar surface area (TPSA) is 43.8 Å². The van der Waals surface area contributed by atoms with Gasteiger partial charge in [-0.3, -0.25) is 0 Å². The summed E-state index contributed by atoms with van der Waals surface area (Å²) in [6, 6.07) is 13.2. The van der Waals surface area contributed by atoms with E-state index in [4.69, 9.17) is 17.3 Å². The number of aromatic nitrogens is 2. The van der Waals surface area contributed by atoms with E-state index in [9.17, 15) is 13.2 Å². The van der Waals surface area contributed by atoms with Crippen LogP contribution in [-0.2, 0) is 6.18 Å². The van der Waals surface area contributed by atoms with Crippen molar-refractivity contribution in [1.29, 1.82) is 0 Å². The standard InChI is InChI=1S/C17H13ClF3N3/c1-10-5-4-6-11(9-10)24-16(22)14(15(23-24)17(19,20)21)12-7-2-3-8-13(12)18/h2-9H,22H2,1H3. The van der Waals surface area contributed by atoms with Crippen LogP contribution in [0.25, 0.3) is 16.8 Å². The minimum absolute atomic E-state index is 0.110. The van der Waals surface area contributed by atoms with Crippen LogP contribution in [-0.4, -0.2) is 9.78 Å². The van der Waals surface area contributed by atoms with Gasteiger partial charge in [0.25, 0.3) is 0 Å². The fourth-order valence-electron chi connectivity index (χ4n) is 2.52. The van der Waals surface area contributed by atoms with E-state index in [0.29, 0.717) is 5.69 Å². The number of benzene rings is 2. The highest BCUT2D eigenvalue weighted by molar-refractivity contribution is 6.33. The number of rotatable bonds is 2. The Morgan fingerprint density at radius 3 is 2.42 bits per heavy atom. The van der Waals surface area contributed by atoms with E-state index in [1.54, 1.807) is 30.3 Å². The van der Waals surface area contributed by atoms with Gasteiger partial charge < -0.3 is 5.73 Å². The van der Waals surface area contributed by atoms with E-state index in [2.05, 4.69) is 5.10 Å². The first kappa shape index (κ1) is 16.4. The van der Waals surface area contributed by atoms with E-state index in [1.165, 1.54) is 12.1 Å². The Kier molecular flexibility index (Phi) is 4.01. The number of aryl methyl sites for hydroxylation is 1. The van der Waals surface area contributed by atoms with Gasteiger partial charge in [0.05, 0.1) is 11.3 Å². The second-order valence-corrected chi connectivity index (χ2v) is 5.74. The van der Waals surface area contributed by atoms with Crippen molar-refractivity contribution in [3.8, 4) is 16.8 Å². The van der Waals surface area contributed by atoms with E-state index in [1.807, 2.05) is 13.0 Å². The summed E-state index contributed by atoms with van der Waals surface area (Å²) >= 11 is 6.07. The number of nitrogens with zero attached hydrogens (tertiary/aromatic N) is 2. The highest BCUT2D eigenvalue weighted by atomic mass is 35.5. The molecule has 1 heterocycles. The smallest absolute Gasteiger partial charge is 0.383 e. The highest BCUT2D eigenvalue weighted by Gasteiger charge is 2.40. The minimum atomic E-state index is -4.66. The number of hydrogen-bond acceptors (Lipinski definition) is 2. The predicted molar refractivity (Wildman–Crippen MR) is 88.2 cm³/mol. The Hall–Kier alpha value is -2.47. The molecule has 0 bridgehead atoms. The molecule has 24 heavy (non-hydrogen) atoms. The van der Waals surface area contributed by atoms with Crippen molar-refractivity contribution in [1.82, 2.24) is 9.78 Å². The lowest BCUT2D eigenvalue weighted by molar-refractivity contribution is -0.140. The quantitative estimate of drug-likeness (QED) is 0.697. The van der Waals surface area contributed by atoms with E-state index in [-0.39, 0.29) is 22.0 Å². The molecule has 0 spiro atoms. The van der Waals surface area contributed by atoms with E-state index >= 15 is 0 Å². The largest absolute Gasteiger partial charge is 0.435 e. The summed E-state index contributed by atoms with van der Waals surface area (Å²) in [5, 5.41) is 3.90. The number of anilines is 1. The summed E-state index contributed by atoms with van der Waals surface area (Å²) in [5.74, 6) is -0.110. The lowest BCUT2D eigenvalue weighted by Crippen LogP contribution is -2.08. The summed E-state index contributed by atoms with van der Waals surface area (Å²) in [5.41, 5.74) is 6.29. The Labute approximate surface area is 141 Å². The third-order valence-electron chi connectivity index (χ3n) is 3.58. The van der Waals surface area contributed by atoms with Crippen molar-refractivity contribution in [3.63, 3.8) is 0 Å². The average Bonchev–Trinajstić information content (AvgIpc) is 2.85. The summed E-state index contributed by atoms with van der Waals surface area (Å²) in [7, 11) is 0. The molecule has 3 aromatic rings.